The molecule has 1 heterocycles. The van der Waals surface area contributed by atoms with Crippen LogP contribution < -0.4 is 0 Å². The molecule has 0 aliphatic carbocycles. The standard InChI is InChI=1S/C7H6F3N.CH5P/c1-5-3-2-4-6(11-5)7(8,9)10;1-2/h2-4H,1H3;2H2,1H3. The molecule has 74 valence electrons. The predicted molar refractivity (Wildman–Crippen MR) is 49.6 cm³/mol. The SMILES string of the molecule is CP.Cc1cccc(C(F)(F)F)n1. The average molecular weight is 209 g/mol. The van der Waals surface area contributed by atoms with Crippen molar-refractivity contribution in [3.8, 4) is 0 Å². The van der Waals surface area contributed by atoms with Crippen LogP contribution in [0.1, 0.15) is 11.4 Å². The van der Waals surface area contributed by atoms with Crippen LogP contribution in [0.5, 0.6) is 0 Å². The number of aryl methyl sites for hydroxylation is 1. The van der Waals surface area contributed by atoms with Gasteiger partial charge in [-0.2, -0.15) is 13.2 Å². The maximum atomic E-state index is 11.9. The number of nitrogens with zero attached hydrogens (tertiary/aromatic N) is 1. The molecule has 0 saturated heterocycles. The lowest BCUT2D eigenvalue weighted by atomic mass is 10.3. The van der Waals surface area contributed by atoms with Crippen molar-refractivity contribution >= 4 is 9.24 Å². The second kappa shape index (κ2) is 5.18. The summed E-state index contributed by atoms with van der Waals surface area (Å²) in [5, 5.41) is 0. The smallest absolute Gasteiger partial charge is 0.249 e. The highest BCUT2D eigenvalue weighted by Gasteiger charge is 2.31. The Morgan fingerprint density at radius 1 is 1.23 bits per heavy atom. The molecule has 1 aromatic heterocycles. The number of halogens is 3. The fourth-order valence-electron chi connectivity index (χ4n) is 0.701. The zero-order chi connectivity index (χ0) is 10.5. The van der Waals surface area contributed by atoms with Gasteiger partial charge in [0.15, 0.2) is 0 Å². The highest BCUT2D eigenvalue weighted by Crippen LogP contribution is 2.27. The molecule has 0 amide bonds. The molecule has 1 nitrogen and oxygen atoms in total. The predicted octanol–water partition coefficient (Wildman–Crippen LogP) is 2.90. The Balaban J connectivity index is 0.000000671. The molecule has 13 heavy (non-hydrogen) atoms. The van der Waals surface area contributed by atoms with Gasteiger partial charge in [-0.05, 0) is 19.1 Å². The van der Waals surface area contributed by atoms with Gasteiger partial charge in [0.25, 0.3) is 0 Å². The van der Waals surface area contributed by atoms with Gasteiger partial charge in [-0.15, -0.1) is 9.24 Å². The lowest BCUT2D eigenvalue weighted by Gasteiger charge is -2.04. The van der Waals surface area contributed by atoms with Crippen LogP contribution >= 0.6 is 9.24 Å². The zero-order valence-corrected chi connectivity index (χ0v) is 8.55. The summed E-state index contributed by atoms with van der Waals surface area (Å²) in [7, 11) is 2.42. The Morgan fingerprint density at radius 2 is 1.77 bits per heavy atom. The molecule has 0 spiro atoms. The molecule has 0 aromatic carbocycles. The Bertz CT molecular complexity index is 260. The third kappa shape index (κ3) is 4.23. The maximum Gasteiger partial charge on any atom is 0.433 e. The van der Waals surface area contributed by atoms with Gasteiger partial charge in [0.1, 0.15) is 5.69 Å². The lowest BCUT2D eigenvalue weighted by molar-refractivity contribution is -0.141. The Labute approximate surface area is 77.6 Å². The first-order valence-corrected chi connectivity index (χ1v) is 4.74. The van der Waals surface area contributed by atoms with E-state index in [9.17, 15) is 13.2 Å². The fourth-order valence-corrected chi connectivity index (χ4v) is 0.701. The quantitative estimate of drug-likeness (QED) is 0.598. The fraction of sp³-hybridized carbons (Fsp3) is 0.375. The minimum atomic E-state index is -4.33. The van der Waals surface area contributed by atoms with E-state index in [-0.39, 0.29) is 0 Å². The largest absolute Gasteiger partial charge is 0.433 e. The second-order valence-electron chi connectivity index (χ2n) is 2.16. The number of hydrogen-bond acceptors (Lipinski definition) is 1. The summed E-state index contributed by atoms with van der Waals surface area (Å²) in [6, 6.07) is 3.81. The van der Waals surface area contributed by atoms with Crippen molar-refractivity contribution in [1.82, 2.24) is 4.98 Å². The molecular formula is C8H11F3NP. The van der Waals surface area contributed by atoms with E-state index in [0.717, 1.165) is 6.07 Å². The van der Waals surface area contributed by atoms with Gasteiger partial charge in [0, 0.05) is 5.69 Å². The normalized spacial score (nSPS) is 10.3. The van der Waals surface area contributed by atoms with Gasteiger partial charge in [0.2, 0.25) is 0 Å². The molecule has 0 N–H and O–H groups in total. The van der Waals surface area contributed by atoms with E-state index in [1.54, 1.807) is 0 Å². The summed E-state index contributed by atoms with van der Waals surface area (Å²) in [5.74, 6) is 0. The first-order chi connectivity index (χ1) is 6.00. The van der Waals surface area contributed by atoms with Crippen molar-refractivity contribution in [2.45, 2.75) is 13.1 Å². The third-order valence-corrected chi connectivity index (χ3v) is 1.18. The Kier molecular flexibility index (Phi) is 4.92. The van der Waals surface area contributed by atoms with Crippen LogP contribution in [0.3, 0.4) is 0 Å². The van der Waals surface area contributed by atoms with Crippen LogP contribution in [0.25, 0.3) is 0 Å². The van der Waals surface area contributed by atoms with Gasteiger partial charge < -0.3 is 0 Å². The van der Waals surface area contributed by atoms with Gasteiger partial charge in [-0.25, -0.2) is 4.98 Å². The van der Waals surface area contributed by atoms with Crippen molar-refractivity contribution in [3.05, 3.63) is 29.6 Å². The van der Waals surface area contributed by atoms with Crippen LogP contribution in [0.2, 0.25) is 0 Å². The lowest BCUT2D eigenvalue weighted by Crippen LogP contribution is -2.07. The maximum absolute atomic E-state index is 11.9. The molecule has 0 aliphatic rings. The van der Waals surface area contributed by atoms with E-state index in [0.29, 0.717) is 5.69 Å². The van der Waals surface area contributed by atoms with Gasteiger partial charge in [0.05, 0.1) is 0 Å². The first kappa shape index (κ1) is 12.4. The van der Waals surface area contributed by atoms with Crippen molar-refractivity contribution in [3.63, 3.8) is 0 Å². The number of rotatable bonds is 0. The average Bonchev–Trinajstić information content (AvgIpc) is 2.06. The topological polar surface area (TPSA) is 12.9 Å². The zero-order valence-electron chi connectivity index (χ0n) is 7.39. The molecule has 1 atom stereocenters. The van der Waals surface area contributed by atoms with Gasteiger partial charge >= 0.3 is 6.18 Å². The van der Waals surface area contributed by atoms with E-state index < -0.39 is 11.9 Å². The number of alkyl halides is 3. The van der Waals surface area contributed by atoms with E-state index in [1.165, 1.54) is 19.1 Å². The molecule has 1 aromatic rings. The molecule has 0 aliphatic heterocycles. The third-order valence-electron chi connectivity index (χ3n) is 1.18. The number of hydrogen-bond donors (Lipinski definition) is 0. The summed E-state index contributed by atoms with van der Waals surface area (Å²) < 4.78 is 35.7. The highest BCUT2D eigenvalue weighted by molar-refractivity contribution is 7.15. The van der Waals surface area contributed by atoms with E-state index in [1.807, 2.05) is 6.66 Å². The summed E-state index contributed by atoms with van der Waals surface area (Å²) >= 11 is 0. The monoisotopic (exact) mass is 209 g/mol. The molecule has 5 heteroatoms. The van der Waals surface area contributed by atoms with Gasteiger partial charge in [-0.1, -0.05) is 12.7 Å². The van der Waals surface area contributed by atoms with Crippen LogP contribution in [-0.2, 0) is 6.18 Å². The summed E-state index contributed by atoms with van der Waals surface area (Å²) in [6.07, 6.45) is -4.33. The molecule has 0 bridgehead atoms. The first-order valence-electron chi connectivity index (χ1n) is 3.59. The summed E-state index contributed by atoms with van der Waals surface area (Å²) in [5.41, 5.74) is -0.461. The van der Waals surface area contributed by atoms with Gasteiger partial charge in [-0.3, -0.25) is 0 Å². The highest BCUT2D eigenvalue weighted by atomic mass is 31.0. The van der Waals surface area contributed by atoms with Crippen molar-refractivity contribution in [2.24, 2.45) is 0 Å². The van der Waals surface area contributed by atoms with Crippen LogP contribution in [0, 0.1) is 6.92 Å². The summed E-state index contributed by atoms with van der Waals surface area (Å²) in [6.45, 7) is 3.44. The Hall–Kier alpha value is -0.630. The summed E-state index contributed by atoms with van der Waals surface area (Å²) in [4.78, 5) is 3.32. The van der Waals surface area contributed by atoms with E-state index >= 15 is 0 Å². The van der Waals surface area contributed by atoms with E-state index in [4.69, 9.17) is 0 Å². The van der Waals surface area contributed by atoms with Crippen LogP contribution in [0.4, 0.5) is 13.2 Å². The van der Waals surface area contributed by atoms with Crippen molar-refractivity contribution in [2.75, 3.05) is 6.66 Å². The number of pyridine rings is 1. The van der Waals surface area contributed by atoms with Crippen molar-refractivity contribution in [1.29, 1.82) is 0 Å². The molecule has 0 fully saturated rings. The van der Waals surface area contributed by atoms with Crippen LogP contribution in [-0.4, -0.2) is 11.6 Å². The molecular weight excluding hydrogens is 198 g/mol. The van der Waals surface area contributed by atoms with Crippen molar-refractivity contribution < 1.29 is 13.2 Å². The second-order valence-corrected chi connectivity index (χ2v) is 2.16. The van der Waals surface area contributed by atoms with Crippen LogP contribution in [0.15, 0.2) is 18.2 Å². The minimum absolute atomic E-state index is 0.375. The molecule has 1 rings (SSSR count). The molecule has 1 unspecified atom stereocenters. The molecule has 0 radical (unpaired) electrons. The number of aromatic nitrogens is 1. The Morgan fingerprint density at radius 3 is 2.08 bits per heavy atom. The molecule has 0 saturated carbocycles. The minimum Gasteiger partial charge on any atom is -0.249 e. The van der Waals surface area contributed by atoms with E-state index in [2.05, 4.69) is 14.2 Å².